The Bertz CT molecular complexity index is 1520. The van der Waals surface area contributed by atoms with E-state index in [1.165, 1.54) is 4.90 Å². The van der Waals surface area contributed by atoms with Gasteiger partial charge in [0, 0.05) is 36.4 Å². The maximum absolute atomic E-state index is 13.6. The first-order chi connectivity index (χ1) is 22.1. The van der Waals surface area contributed by atoms with E-state index in [0.29, 0.717) is 29.5 Å². The number of aryl methyl sites for hydroxylation is 1. The van der Waals surface area contributed by atoms with Crippen molar-refractivity contribution in [3.05, 3.63) is 59.2 Å². The van der Waals surface area contributed by atoms with Crippen LogP contribution in [-0.2, 0) is 27.1 Å². The third-order valence-corrected chi connectivity index (χ3v) is 8.82. The van der Waals surface area contributed by atoms with E-state index < -0.39 is 65.5 Å². The Morgan fingerprint density at radius 3 is 2.15 bits per heavy atom. The van der Waals surface area contributed by atoms with Gasteiger partial charge >= 0.3 is 18.4 Å². The topological polar surface area (TPSA) is 102 Å². The standard InChI is InChI=1S/C33H40F6N4O5/c1-7-8-22-15-24(31(47,32(34,35)36)33(37,38)39)11-14-26(22)41-16-21(5)42(17-20(41)4)27(44)18-43-28(45)30(6,40-29(43)46)23-9-12-25(13-10-23)48-19(2)3/h9-15,19-21,47H,7-8,16-18H2,1-6H3,(H,40,46)/t20-,21+,30?/m1/s1. The molecular weight excluding hydrogens is 646 g/mol. The average molecular weight is 687 g/mol. The summed E-state index contributed by atoms with van der Waals surface area (Å²) in [5.74, 6) is -0.531. The Labute approximate surface area is 274 Å². The summed E-state index contributed by atoms with van der Waals surface area (Å²) in [6.07, 6.45) is -11.6. The van der Waals surface area contributed by atoms with E-state index in [1.807, 2.05) is 13.8 Å². The number of anilines is 1. The Morgan fingerprint density at radius 1 is 1.00 bits per heavy atom. The summed E-state index contributed by atoms with van der Waals surface area (Å²) >= 11 is 0. The molecule has 2 saturated heterocycles. The molecule has 2 N–H and O–H groups in total. The van der Waals surface area contributed by atoms with Crippen LogP contribution in [0.5, 0.6) is 5.75 Å². The Morgan fingerprint density at radius 2 is 1.60 bits per heavy atom. The summed E-state index contributed by atoms with van der Waals surface area (Å²) in [5, 5.41) is 12.6. The fourth-order valence-electron chi connectivity index (χ4n) is 6.26. The number of benzene rings is 2. The number of nitrogens with one attached hydrogen (secondary N) is 1. The van der Waals surface area contributed by atoms with E-state index in [4.69, 9.17) is 4.74 Å². The molecule has 2 aromatic carbocycles. The highest BCUT2D eigenvalue weighted by atomic mass is 19.4. The number of hydrogen-bond donors (Lipinski definition) is 2. The lowest BCUT2D eigenvalue weighted by Gasteiger charge is -2.46. The van der Waals surface area contributed by atoms with Gasteiger partial charge in [0.25, 0.3) is 11.5 Å². The Hall–Kier alpha value is -4.01. The number of urea groups is 1. The molecule has 0 spiro atoms. The van der Waals surface area contributed by atoms with Gasteiger partial charge in [-0.3, -0.25) is 14.5 Å². The predicted molar refractivity (Wildman–Crippen MR) is 164 cm³/mol. The van der Waals surface area contributed by atoms with Crippen molar-refractivity contribution < 1.29 is 50.6 Å². The maximum atomic E-state index is 13.6. The smallest absolute Gasteiger partial charge is 0.430 e. The Kier molecular flexibility index (Phi) is 10.1. The van der Waals surface area contributed by atoms with Crippen molar-refractivity contribution in [3.63, 3.8) is 0 Å². The van der Waals surface area contributed by atoms with Gasteiger partial charge in [-0.05, 0) is 70.4 Å². The van der Waals surface area contributed by atoms with Crippen LogP contribution in [0.2, 0.25) is 0 Å². The molecule has 2 aliphatic rings. The molecule has 0 aliphatic carbocycles. The molecule has 0 saturated carbocycles. The predicted octanol–water partition coefficient (Wildman–Crippen LogP) is 5.63. The molecule has 0 radical (unpaired) electrons. The molecule has 3 atom stereocenters. The molecule has 2 aromatic rings. The summed E-state index contributed by atoms with van der Waals surface area (Å²) in [7, 11) is 0. The number of halogens is 6. The minimum atomic E-state index is -6.01. The first-order valence-electron chi connectivity index (χ1n) is 15.6. The zero-order valence-electron chi connectivity index (χ0n) is 27.5. The number of rotatable bonds is 9. The second-order valence-corrected chi connectivity index (χ2v) is 12.8. The number of hydrogen-bond acceptors (Lipinski definition) is 6. The zero-order chi connectivity index (χ0) is 36.0. The van der Waals surface area contributed by atoms with E-state index in [0.717, 1.165) is 17.0 Å². The van der Waals surface area contributed by atoms with Crippen molar-refractivity contribution in [3.8, 4) is 5.75 Å². The first-order valence-corrected chi connectivity index (χ1v) is 15.6. The van der Waals surface area contributed by atoms with Crippen molar-refractivity contribution in [1.29, 1.82) is 0 Å². The van der Waals surface area contributed by atoms with Crippen LogP contribution < -0.4 is 15.0 Å². The molecule has 2 fully saturated rings. The molecule has 15 heteroatoms. The molecular formula is C33H40F6N4O5. The van der Waals surface area contributed by atoms with E-state index in [1.54, 1.807) is 56.9 Å². The van der Waals surface area contributed by atoms with Gasteiger partial charge in [-0.2, -0.15) is 26.3 Å². The summed E-state index contributed by atoms with van der Waals surface area (Å²) in [5.41, 5.74) is -6.73. The lowest BCUT2D eigenvalue weighted by molar-refractivity contribution is -0.376. The Balaban J connectivity index is 1.52. The van der Waals surface area contributed by atoms with Crippen LogP contribution in [-0.4, -0.2) is 82.9 Å². The molecule has 2 heterocycles. The number of ether oxygens (including phenoxy) is 1. The van der Waals surface area contributed by atoms with Crippen molar-refractivity contribution in [2.45, 2.75) is 96.1 Å². The molecule has 0 bridgehead atoms. The molecule has 0 aromatic heterocycles. The number of imide groups is 1. The van der Waals surface area contributed by atoms with Gasteiger partial charge in [0.2, 0.25) is 5.91 Å². The largest absolute Gasteiger partial charge is 0.491 e. The van der Waals surface area contributed by atoms with E-state index in [2.05, 4.69) is 5.32 Å². The van der Waals surface area contributed by atoms with Crippen molar-refractivity contribution in [2.75, 3.05) is 24.5 Å². The fourth-order valence-corrected chi connectivity index (χ4v) is 6.26. The number of piperazine rings is 1. The summed E-state index contributed by atoms with van der Waals surface area (Å²) in [6, 6.07) is 7.51. The molecule has 9 nitrogen and oxygen atoms in total. The number of nitrogens with zero attached hydrogens (tertiary/aromatic N) is 3. The van der Waals surface area contributed by atoms with E-state index in [9.17, 15) is 45.8 Å². The first kappa shape index (κ1) is 36.8. The molecule has 1 unspecified atom stereocenters. The van der Waals surface area contributed by atoms with Crippen LogP contribution >= 0.6 is 0 Å². The second-order valence-electron chi connectivity index (χ2n) is 12.8. The second kappa shape index (κ2) is 13.1. The van der Waals surface area contributed by atoms with Crippen molar-refractivity contribution in [2.24, 2.45) is 0 Å². The van der Waals surface area contributed by atoms with Crippen LogP contribution in [0.15, 0.2) is 42.5 Å². The summed E-state index contributed by atoms with van der Waals surface area (Å²) in [6.45, 7) is 10.2. The van der Waals surface area contributed by atoms with E-state index >= 15 is 0 Å². The van der Waals surface area contributed by atoms with Gasteiger partial charge in [-0.1, -0.05) is 37.6 Å². The number of carbonyl (C=O) groups excluding carboxylic acids is 3. The average Bonchev–Trinajstić information content (AvgIpc) is 3.20. The molecule has 4 amide bonds. The molecule has 264 valence electrons. The minimum absolute atomic E-state index is 0.0604. The van der Waals surface area contributed by atoms with Gasteiger partial charge < -0.3 is 25.0 Å². The van der Waals surface area contributed by atoms with Gasteiger partial charge in [-0.25, -0.2) is 4.79 Å². The number of aliphatic hydroxyl groups is 1. The van der Waals surface area contributed by atoms with Gasteiger partial charge in [0.05, 0.1) is 6.10 Å². The number of alkyl halides is 6. The molecule has 4 rings (SSSR count). The highest BCUT2D eigenvalue weighted by molar-refractivity contribution is 6.09. The van der Waals surface area contributed by atoms with Crippen molar-refractivity contribution >= 4 is 23.5 Å². The maximum Gasteiger partial charge on any atom is 0.430 e. The minimum Gasteiger partial charge on any atom is -0.491 e. The van der Waals surface area contributed by atoms with Crippen LogP contribution in [0.4, 0.5) is 36.8 Å². The van der Waals surface area contributed by atoms with Crippen molar-refractivity contribution in [1.82, 2.24) is 15.1 Å². The van der Waals surface area contributed by atoms with Gasteiger partial charge in [0.1, 0.15) is 17.8 Å². The zero-order valence-corrected chi connectivity index (χ0v) is 27.5. The highest BCUT2D eigenvalue weighted by Gasteiger charge is 2.71. The number of amides is 4. The third-order valence-electron chi connectivity index (χ3n) is 8.82. The monoisotopic (exact) mass is 686 g/mol. The third kappa shape index (κ3) is 6.65. The quantitative estimate of drug-likeness (QED) is 0.262. The SMILES string of the molecule is CCCc1cc(C(O)(C(F)(F)F)C(F)(F)F)ccc1N1C[C@H](C)N(C(=O)CN2C(=O)NC(C)(c3ccc(OC(C)C)cc3)C2=O)C[C@H]1C. The van der Waals surface area contributed by atoms with Gasteiger partial charge in [-0.15, -0.1) is 0 Å². The normalized spacial score (nSPS) is 22.4. The highest BCUT2D eigenvalue weighted by Crippen LogP contribution is 2.50. The van der Waals surface area contributed by atoms with Crippen LogP contribution in [0, 0.1) is 0 Å². The lowest BCUT2D eigenvalue weighted by Crippen LogP contribution is -2.60. The lowest BCUT2D eigenvalue weighted by atomic mass is 9.89. The molecule has 48 heavy (non-hydrogen) atoms. The number of carbonyl (C=O) groups is 3. The summed E-state index contributed by atoms with van der Waals surface area (Å²) in [4.78, 5) is 44.1. The van der Waals surface area contributed by atoms with Gasteiger partial charge in [0.15, 0.2) is 0 Å². The van der Waals surface area contributed by atoms with E-state index in [-0.39, 0.29) is 31.2 Å². The molecule has 2 aliphatic heterocycles. The van der Waals surface area contributed by atoms with Crippen LogP contribution in [0.25, 0.3) is 0 Å². The fraction of sp³-hybridized carbons (Fsp3) is 0.545. The summed E-state index contributed by atoms with van der Waals surface area (Å²) < 4.78 is 87.2. The van der Waals surface area contributed by atoms with Crippen LogP contribution in [0.1, 0.15) is 64.7 Å². The van der Waals surface area contributed by atoms with Crippen LogP contribution in [0.3, 0.4) is 0 Å².